The van der Waals surface area contributed by atoms with Gasteiger partial charge in [0.25, 0.3) is 0 Å². The summed E-state index contributed by atoms with van der Waals surface area (Å²) < 4.78 is 35.0. The number of hydrogen-bond donors (Lipinski definition) is 2. The number of carbonyl (C=O) groups excluding carboxylic acids is 3. The number of nitrogen functional groups attached to an aromatic ring is 1. The van der Waals surface area contributed by atoms with Crippen molar-refractivity contribution in [1.82, 2.24) is 14.9 Å². The molecule has 2 atom stereocenters. The van der Waals surface area contributed by atoms with Crippen LogP contribution in [0.25, 0.3) is 0 Å². The van der Waals surface area contributed by atoms with Gasteiger partial charge in [0.15, 0.2) is 6.10 Å². The lowest BCUT2D eigenvalue weighted by molar-refractivity contribution is -0.161. The van der Waals surface area contributed by atoms with Gasteiger partial charge in [-0.2, -0.15) is 0 Å². The van der Waals surface area contributed by atoms with Crippen LogP contribution in [0.15, 0.2) is 16.8 Å². The van der Waals surface area contributed by atoms with E-state index < -0.39 is 32.5 Å². The van der Waals surface area contributed by atoms with E-state index in [2.05, 4.69) is 30.7 Å². The second-order valence-electron chi connectivity index (χ2n) is 17.6. The second kappa shape index (κ2) is 41.8. The zero-order valence-corrected chi connectivity index (χ0v) is 44.4. The third kappa shape index (κ3) is 34.2. The smallest absolute Gasteiger partial charge is 0.462 e. The number of anilines is 1. The number of unbranched alkanes of at least 4 members (excludes halogenated alkanes) is 24. The number of phosphoric ester groups is 1. The molecule has 1 heterocycles. The summed E-state index contributed by atoms with van der Waals surface area (Å²) in [7, 11) is -1.57. The van der Waals surface area contributed by atoms with Crippen LogP contribution < -0.4 is 5.73 Å². The van der Waals surface area contributed by atoms with Crippen molar-refractivity contribution >= 4 is 53.6 Å². The molecule has 0 aliphatic carbocycles. The first kappa shape index (κ1) is 61.9. The Labute approximate surface area is 408 Å². The second-order valence-corrected chi connectivity index (χ2v) is 21.6. The summed E-state index contributed by atoms with van der Waals surface area (Å²) in [6.07, 6.45) is 33.9. The van der Waals surface area contributed by atoms with E-state index in [4.69, 9.17) is 24.3 Å². The quantitative estimate of drug-likeness (QED) is 0.0207. The third-order valence-corrected chi connectivity index (χ3v) is 15.3. The predicted molar refractivity (Wildman–Crippen MR) is 274 cm³/mol. The number of phosphoric acid groups is 1. The summed E-state index contributed by atoms with van der Waals surface area (Å²) in [4.78, 5) is 59.3. The highest BCUT2D eigenvalue weighted by molar-refractivity contribution is 8.78. The first-order valence-electron chi connectivity index (χ1n) is 25.7. The van der Waals surface area contributed by atoms with Gasteiger partial charge in [0, 0.05) is 47.4 Å². The third-order valence-electron chi connectivity index (χ3n) is 11.5. The van der Waals surface area contributed by atoms with E-state index in [1.807, 2.05) is 0 Å². The molecule has 1 amide bonds. The number of nitrogens with zero attached hydrogens (tertiary/aromatic N) is 3. The first-order chi connectivity index (χ1) is 32.0. The van der Waals surface area contributed by atoms with Crippen LogP contribution in [0.2, 0.25) is 0 Å². The normalized spacial score (nSPS) is 13.2. The number of esters is 2. The number of nitrogens with two attached hydrogens (primary N) is 1. The number of amides is 1. The zero-order valence-electron chi connectivity index (χ0n) is 41.9. The molecule has 16 heteroatoms. The standard InChI is InChI=1S/C50H91N4O9PS2/c1-6-9-11-13-15-17-19-21-23-25-27-29-31-33-48(56)60-40-46(63-49(57)34-32-30-28-26-24-22-20-18-16-14-12-10-7-2)41-62-64(58,59)61-36-35-47(66-65-37-8-3)43(4)54(42-55)39-45-38-52-44(5)53-50(45)51/h38,42,46H,6-37,39-41H2,1-5H3,(H,58,59)(H2,51,52,53)/b47-43+/t46-/m1/s1. The van der Waals surface area contributed by atoms with Gasteiger partial charge in [0.2, 0.25) is 6.41 Å². The zero-order chi connectivity index (χ0) is 48.5. The number of ether oxygens (including phenoxy) is 2. The molecular weight excluding hydrogens is 896 g/mol. The summed E-state index contributed by atoms with van der Waals surface area (Å²) in [6, 6.07) is 0. The number of allylic oxidation sites excluding steroid dienone is 1. The van der Waals surface area contributed by atoms with Crippen molar-refractivity contribution in [3.63, 3.8) is 0 Å². The van der Waals surface area contributed by atoms with E-state index in [0.717, 1.165) is 55.6 Å². The topological polar surface area (TPSA) is 180 Å². The van der Waals surface area contributed by atoms with Gasteiger partial charge in [0.1, 0.15) is 18.2 Å². The Hall–Kier alpha value is -2.16. The number of rotatable bonds is 46. The fourth-order valence-corrected chi connectivity index (χ4v) is 10.7. The molecule has 1 aromatic heterocycles. The Morgan fingerprint density at radius 2 is 1.21 bits per heavy atom. The van der Waals surface area contributed by atoms with Gasteiger partial charge in [-0.3, -0.25) is 23.4 Å². The first-order valence-corrected chi connectivity index (χ1v) is 29.5. The van der Waals surface area contributed by atoms with Gasteiger partial charge in [0.05, 0.1) is 19.8 Å². The van der Waals surface area contributed by atoms with Crippen LogP contribution in [0, 0.1) is 6.92 Å². The molecule has 0 spiro atoms. The molecule has 0 saturated carbocycles. The van der Waals surface area contributed by atoms with Crippen LogP contribution >= 0.6 is 29.4 Å². The number of carbonyl (C=O) groups is 3. The predicted octanol–water partition coefficient (Wildman–Crippen LogP) is 14.3. The average molecular weight is 987 g/mol. The van der Waals surface area contributed by atoms with Crippen LogP contribution in [-0.4, -0.2) is 69.8 Å². The molecule has 3 N–H and O–H groups in total. The van der Waals surface area contributed by atoms with Crippen LogP contribution in [0.5, 0.6) is 0 Å². The molecule has 0 aromatic carbocycles. The molecule has 382 valence electrons. The highest BCUT2D eigenvalue weighted by Gasteiger charge is 2.27. The number of aryl methyl sites for hydroxylation is 1. The van der Waals surface area contributed by atoms with Gasteiger partial charge in [-0.25, -0.2) is 14.5 Å². The van der Waals surface area contributed by atoms with E-state index in [1.165, 1.54) is 131 Å². The minimum absolute atomic E-state index is 0.149. The molecular formula is C50H91N4O9PS2. The molecule has 0 fully saturated rings. The number of hydrogen-bond acceptors (Lipinski definition) is 13. The monoisotopic (exact) mass is 987 g/mol. The van der Waals surface area contributed by atoms with Crippen LogP contribution in [0.1, 0.15) is 232 Å². The van der Waals surface area contributed by atoms with E-state index in [0.29, 0.717) is 36.3 Å². The molecule has 0 saturated heterocycles. The van der Waals surface area contributed by atoms with Crippen molar-refractivity contribution in [1.29, 1.82) is 0 Å². The fourth-order valence-electron chi connectivity index (χ4n) is 7.35. The highest BCUT2D eigenvalue weighted by atomic mass is 33.1. The molecule has 0 aliphatic heterocycles. The summed E-state index contributed by atoms with van der Waals surface area (Å²) in [5, 5.41) is 0. The maximum atomic E-state index is 13.1. The van der Waals surface area contributed by atoms with E-state index in [9.17, 15) is 23.8 Å². The molecule has 13 nitrogen and oxygen atoms in total. The van der Waals surface area contributed by atoms with Crippen LogP contribution in [0.4, 0.5) is 5.82 Å². The van der Waals surface area contributed by atoms with Crippen molar-refractivity contribution in [3.8, 4) is 0 Å². The molecule has 0 aliphatic rings. The van der Waals surface area contributed by atoms with Crippen molar-refractivity contribution in [3.05, 3.63) is 28.2 Å². The van der Waals surface area contributed by atoms with Crippen molar-refractivity contribution in [2.45, 2.75) is 240 Å². The van der Waals surface area contributed by atoms with Gasteiger partial charge in [-0.05, 0) is 33.1 Å². The number of aromatic nitrogens is 2. The van der Waals surface area contributed by atoms with E-state index >= 15 is 0 Å². The van der Waals surface area contributed by atoms with Crippen molar-refractivity contribution in [2.75, 3.05) is 31.3 Å². The highest BCUT2D eigenvalue weighted by Crippen LogP contribution is 2.45. The van der Waals surface area contributed by atoms with E-state index in [-0.39, 0.29) is 44.8 Å². The Balaban J connectivity index is 2.71. The molecule has 1 unspecified atom stereocenters. The molecule has 0 radical (unpaired) electrons. The Morgan fingerprint density at radius 3 is 1.68 bits per heavy atom. The minimum Gasteiger partial charge on any atom is -0.462 e. The van der Waals surface area contributed by atoms with Crippen molar-refractivity contribution in [2.24, 2.45) is 0 Å². The van der Waals surface area contributed by atoms with Gasteiger partial charge >= 0.3 is 19.8 Å². The maximum absolute atomic E-state index is 13.1. The summed E-state index contributed by atoms with van der Waals surface area (Å²) in [6.45, 7) is 9.24. The Morgan fingerprint density at radius 1 is 0.727 bits per heavy atom. The van der Waals surface area contributed by atoms with Crippen LogP contribution in [-0.2, 0) is 44.0 Å². The molecule has 1 aromatic rings. The molecule has 0 bridgehead atoms. The Bertz CT molecular complexity index is 1490. The molecule has 1 rings (SSSR count). The van der Waals surface area contributed by atoms with E-state index in [1.54, 1.807) is 30.8 Å². The van der Waals surface area contributed by atoms with Crippen molar-refractivity contribution < 1.29 is 42.4 Å². The lowest BCUT2D eigenvalue weighted by atomic mass is 10.0. The summed E-state index contributed by atoms with van der Waals surface area (Å²) in [5.74, 6) is 0.781. The maximum Gasteiger partial charge on any atom is 0.472 e. The fraction of sp³-hybridized carbons (Fsp3) is 0.820. The van der Waals surface area contributed by atoms with Gasteiger partial charge in [-0.15, -0.1) is 0 Å². The minimum atomic E-state index is -4.63. The van der Waals surface area contributed by atoms with Gasteiger partial charge in [-0.1, -0.05) is 196 Å². The average Bonchev–Trinajstić information content (AvgIpc) is 3.29. The lowest BCUT2D eigenvalue weighted by Crippen LogP contribution is -2.29. The SMILES string of the molecule is CCCCCCCCCCCCCCCC(=O)OC[C@H](COP(=O)(O)OCC/C(SSCCC)=C(/C)N(C=O)Cc1cnc(C)nc1N)OC(=O)CCCCCCCCCCCCCCC. The summed E-state index contributed by atoms with van der Waals surface area (Å²) >= 11 is 0. The largest absolute Gasteiger partial charge is 0.472 e. The van der Waals surface area contributed by atoms with Gasteiger partial charge < -0.3 is 25.0 Å². The lowest BCUT2D eigenvalue weighted by Gasteiger charge is -2.23. The van der Waals surface area contributed by atoms with Crippen LogP contribution in [0.3, 0.4) is 0 Å². The summed E-state index contributed by atoms with van der Waals surface area (Å²) in [5.41, 5.74) is 7.32. The Kier molecular flexibility index (Phi) is 39.2. The molecule has 66 heavy (non-hydrogen) atoms.